The minimum atomic E-state index is 0.224. The topological polar surface area (TPSA) is 24.5 Å². The lowest BCUT2D eigenvalue weighted by molar-refractivity contribution is -0.152. The van der Waals surface area contributed by atoms with E-state index < -0.39 is 0 Å². The van der Waals surface area contributed by atoms with Gasteiger partial charge in [0.25, 0.3) is 0 Å². The van der Waals surface area contributed by atoms with Gasteiger partial charge in [-0.3, -0.25) is 0 Å². The van der Waals surface area contributed by atoms with Crippen molar-refractivity contribution >= 4 is 0 Å². The monoisotopic (exact) mass is 296 g/mol. The summed E-state index contributed by atoms with van der Waals surface area (Å²) in [6.45, 7) is 9.11. The van der Waals surface area contributed by atoms with Crippen molar-refractivity contribution in [2.75, 3.05) is 27.2 Å². The van der Waals surface area contributed by atoms with Gasteiger partial charge in [-0.2, -0.15) is 0 Å². The summed E-state index contributed by atoms with van der Waals surface area (Å²) in [5.74, 6) is 0.748. The van der Waals surface area contributed by atoms with Crippen LogP contribution in [0.3, 0.4) is 0 Å². The first kappa shape index (κ1) is 17.2. The smallest absolute Gasteiger partial charge is 0.0685 e. The minimum absolute atomic E-state index is 0.224. The SMILES string of the molecule is CCCNC(C1CCOC2(CCC2)C1)C(C)(CC)N(C)C. The second kappa shape index (κ2) is 6.97. The zero-order chi connectivity index (χ0) is 15.5. The molecule has 1 aliphatic carbocycles. The van der Waals surface area contributed by atoms with Gasteiger partial charge in [-0.1, -0.05) is 13.8 Å². The quantitative estimate of drug-likeness (QED) is 0.779. The van der Waals surface area contributed by atoms with Crippen molar-refractivity contribution in [1.29, 1.82) is 0 Å². The lowest BCUT2D eigenvalue weighted by Gasteiger charge is -2.53. The van der Waals surface area contributed by atoms with Crippen molar-refractivity contribution in [3.05, 3.63) is 0 Å². The molecule has 0 bridgehead atoms. The summed E-state index contributed by atoms with van der Waals surface area (Å²) in [6, 6.07) is 0.568. The summed E-state index contributed by atoms with van der Waals surface area (Å²) >= 11 is 0. The molecule has 2 fully saturated rings. The Morgan fingerprint density at radius 1 is 1.33 bits per heavy atom. The molecule has 1 saturated heterocycles. The van der Waals surface area contributed by atoms with E-state index in [2.05, 4.69) is 45.1 Å². The Morgan fingerprint density at radius 3 is 2.52 bits per heavy atom. The number of hydrogen-bond acceptors (Lipinski definition) is 3. The van der Waals surface area contributed by atoms with E-state index in [0.29, 0.717) is 6.04 Å². The van der Waals surface area contributed by atoms with Crippen LogP contribution in [0.25, 0.3) is 0 Å². The molecule has 1 N–H and O–H groups in total. The minimum Gasteiger partial charge on any atom is -0.375 e. The molecule has 1 spiro atoms. The molecule has 2 aliphatic rings. The molecular formula is C18H36N2O. The molecule has 124 valence electrons. The van der Waals surface area contributed by atoms with E-state index in [4.69, 9.17) is 4.74 Å². The van der Waals surface area contributed by atoms with Gasteiger partial charge in [-0.15, -0.1) is 0 Å². The fourth-order valence-electron chi connectivity index (χ4n) is 4.28. The Hall–Kier alpha value is -0.120. The van der Waals surface area contributed by atoms with Crippen LogP contribution in [0, 0.1) is 5.92 Å². The Kier molecular flexibility index (Phi) is 5.72. The van der Waals surface area contributed by atoms with E-state index in [1.165, 1.54) is 44.9 Å². The number of likely N-dealkylation sites (N-methyl/N-ethyl adjacent to an activating group) is 1. The Morgan fingerprint density at radius 2 is 2.05 bits per heavy atom. The standard InChI is InChI=1S/C18H36N2O/c1-6-12-19-16(17(3,7-2)20(4)5)15-9-13-21-18(14-15)10-8-11-18/h15-16,19H,6-14H2,1-5H3. The lowest BCUT2D eigenvalue weighted by Crippen LogP contribution is -2.62. The number of nitrogens with zero attached hydrogens (tertiary/aromatic N) is 1. The third kappa shape index (κ3) is 3.46. The maximum atomic E-state index is 6.15. The molecule has 0 aromatic carbocycles. The molecule has 1 saturated carbocycles. The summed E-state index contributed by atoms with van der Waals surface area (Å²) in [4.78, 5) is 2.43. The lowest BCUT2D eigenvalue weighted by atomic mass is 9.67. The molecule has 2 rings (SSSR count). The van der Waals surface area contributed by atoms with Crippen LogP contribution in [0.2, 0.25) is 0 Å². The van der Waals surface area contributed by atoms with Gasteiger partial charge in [0.05, 0.1) is 5.60 Å². The molecule has 1 heterocycles. The summed E-state index contributed by atoms with van der Waals surface area (Å²) in [5, 5.41) is 3.90. The van der Waals surface area contributed by atoms with Crippen molar-refractivity contribution in [3.8, 4) is 0 Å². The summed E-state index contributed by atoms with van der Waals surface area (Å²) in [6.07, 6.45) is 8.80. The highest BCUT2D eigenvalue weighted by molar-refractivity contribution is 5.03. The summed E-state index contributed by atoms with van der Waals surface area (Å²) < 4.78 is 6.15. The highest BCUT2D eigenvalue weighted by atomic mass is 16.5. The Balaban J connectivity index is 2.14. The molecular weight excluding hydrogens is 260 g/mol. The van der Waals surface area contributed by atoms with Crippen LogP contribution >= 0.6 is 0 Å². The third-order valence-corrected chi connectivity index (χ3v) is 6.29. The van der Waals surface area contributed by atoms with Crippen LogP contribution < -0.4 is 5.32 Å². The van der Waals surface area contributed by atoms with E-state index in [9.17, 15) is 0 Å². The molecule has 0 aromatic heterocycles. The molecule has 3 unspecified atom stereocenters. The van der Waals surface area contributed by atoms with E-state index in [1.807, 2.05) is 0 Å². The second-order valence-corrected chi connectivity index (χ2v) is 7.67. The average Bonchev–Trinajstić information content (AvgIpc) is 2.45. The van der Waals surface area contributed by atoms with Crippen molar-refractivity contribution in [1.82, 2.24) is 10.2 Å². The second-order valence-electron chi connectivity index (χ2n) is 7.67. The Bertz CT molecular complexity index is 327. The predicted octanol–water partition coefficient (Wildman–Crippen LogP) is 3.43. The fraction of sp³-hybridized carbons (Fsp3) is 1.00. The van der Waals surface area contributed by atoms with Gasteiger partial charge in [0, 0.05) is 18.2 Å². The van der Waals surface area contributed by atoms with E-state index in [-0.39, 0.29) is 11.1 Å². The number of ether oxygens (including phenoxy) is 1. The van der Waals surface area contributed by atoms with Gasteiger partial charge in [0.15, 0.2) is 0 Å². The van der Waals surface area contributed by atoms with Crippen LogP contribution in [0.15, 0.2) is 0 Å². The number of rotatable bonds is 7. The van der Waals surface area contributed by atoms with Crippen molar-refractivity contribution in [2.24, 2.45) is 5.92 Å². The summed E-state index contributed by atoms with van der Waals surface area (Å²) in [5.41, 5.74) is 0.470. The first-order valence-electron chi connectivity index (χ1n) is 9.02. The first-order chi connectivity index (χ1) is 9.97. The fourth-order valence-corrected chi connectivity index (χ4v) is 4.28. The molecule has 3 nitrogen and oxygen atoms in total. The largest absolute Gasteiger partial charge is 0.375 e. The number of nitrogens with one attached hydrogen (secondary N) is 1. The highest BCUT2D eigenvalue weighted by Crippen LogP contribution is 2.46. The molecule has 3 heteroatoms. The van der Waals surface area contributed by atoms with Gasteiger partial charge in [-0.05, 0) is 78.4 Å². The zero-order valence-corrected chi connectivity index (χ0v) is 14.9. The van der Waals surface area contributed by atoms with Crippen LogP contribution in [0.5, 0.6) is 0 Å². The van der Waals surface area contributed by atoms with Crippen LogP contribution in [0.4, 0.5) is 0 Å². The van der Waals surface area contributed by atoms with Gasteiger partial charge in [0.2, 0.25) is 0 Å². The molecule has 1 aliphatic heterocycles. The molecule has 0 amide bonds. The normalized spacial score (nSPS) is 29.1. The molecule has 21 heavy (non-hydrogen) atoms. The Labute approximate surface area is 131 Å². The maximum Gasteiger partial charge on any atom is 0.0685 e. The van der Waals surface area contributed by atoms with Gasteiger partial charge >= 0.3 is 0 Å². The van der Waals surface area contributed by atoms with Gasteiger partial charge < -0.3 is 15.0 Å². The highest BCUT2D eigenvalue weighted by Gasteiger charge is 2.48. The van der Waals surface area contributed by atoms with E-state index in [0.717, 1.165) is 19.1 Å². The van der Waals surface area contributed by atoms with Gasteiger partial charge in [0.1, 0.15) is 0 Å². The molecule has 0 radical (unpaired) electrons. The predicted molar refractivity (Wildman–Crippen MR) is 89.7 cm³/mol. The molecule has 3 atom stereocenters. The maximum absolute atomic E-state index is 6.15. The molecule has 0 aromatic rings. The van der Waals surface area contributed by atoms with Crippen molar-refractivity contribution in [3.63, 3.8) is 0 Å². The van der Waals surface area contributed by atoms with Crippen LogP contribution in [-0.4, -0.2) is 49.3 Å². The zero-order valence-electron chi connectivity index (χ0n) is 14.9. The third-order valence-electron chi connectivity index (χ3n) is 6.29. The van der Waals surface area contributed by atoms with Crippen molar-refractivity contribution in [2.45, 2.75) is 82.9 Å². The van der Waals surface area contributed by atoms with Crippen molar-refractivity contribution < 1.29 is 4.74 Å². The first-order valence-corrected chi connectivity index (χ1v) is 9.02. The summed E-state index contributed by atoms with van der Waals surface area (Å²) in [7, 11) is 4.48. The van der Waals surface area contributed by atoms with Crippen LogP contribution in [0.1, 0.15) is 65.7 Å². The number of hydrogen-bond donors (Lipinski definition) is 1. The van der Waals surface area contributed by atoms with E-state index in [1.54, 1.807) is 0 Å². The van der Waals surface area contributed by atoms with Gasteiger partial charge in [-0.25, -0.2) is 0 Å². The average molecular weight is 296 g/mol. The van der Waals surface area contributed by atoms with Crippen LogP contribution in [-0.2, 0) is 4.74 Å². The van der Waals surface area contributed by atoms with E-state index >= 15 is 0 Å².